The molecule has 0 aliphatic carbocycles. The van der Waals surface area contributed by atoms with Gasteiger partial charge in [0.2, 0.25) is 0 Å². The van der Waals surface area contributed by atoms with Crippen LogP contribution in [0.1, 0.15) is 13.3 Å². The molecule has 0 saturated carbocycles. The van der Waals surface area contributed by atoms with Gasteiger partial charge in [-0.15, -0.1) is 0 Å². The van der Waals surface area contributed by atoms with E-state index in [9.17, 15) is 4.91 Å². The average molecular weight is 290 g/mol. The number of nitrogens with two attached hydrogens (primary N) is 1. The lowest BCUT2D eigenvalue weighted by atomic mass is 10.2. The largest absolute Gasteiger partial charge is 0.373 e. The van der Waals surface area contributed by atoms with E-state index in [4.69, 9.17) is 10.6 Å². The zero-order valence-corrected chi connectivity index (χ0v) is 12.4. The van der Waals surface area contributed by atoms with Crippen molar-refractivity contribution < 1.29 is 4.74 Å². The van der Waals surface area contributed by atoms with Crippen LogP contribution in [0.15, 0.2) is 41.7 Å². The van der Waals surface area contributed by atoms with E-state index in [1.165, 1.54) is 0 Å². The number of hydrogen-bond donors (Lipinski definition) is 1. The molecule has 21 heavy (non-hydrogen) atoms. The molecule has 0 amide bonds. The standard InChI is InChI=1S/C15H22N4O2/c1-3-13(17-20)10-19(16)15-6-4-14(5-7-15)18-8-9-21-11-12(18)2/h4-7,13H,2-3,8-11,16H2,1H3. The van der Waals surface area contributed by atoms with Crippen molar-refractivity contribution in [2.75, 3.05) is 36.2 Å². The predicted octanol–water partition coefficient (Wildman–Crippen LogP) is 2.26. The Balaban J connectivity index is 2.04. The number of nitrogens with zero attached hydrogens (tertiary/aromatic N) is 3. The maximum absolute atomic E-state index is 10.6. The fraction of sp³-hybridized carbons (Fsp3) is 0.467. The smallest absolute Gasteiger partial charge is 0.111 e. The van der Waals surface area contributed by atoms with E-state index in [2.05, 4.69) is 16.7 Å². The van der Waals surface area contributed by atoms with Crippen LogP contribution in [0.25, 0.3) is 0 Å². The fourth-order valence-electron chi connectivity index (χ4n) is 2.29. The van der Waals surface area contributed by atoms with Gasteiger partial charge in [-0.25, -0.2) is 5.84 Å². The van der Waals surface area contributed by atoms with Crippen molar-refractivity contribution in [3.63, 3.8) is 0 Å². The molecule has 1 unspecified atom stereocenters. The number of nitroso groups, excluding NO2 is 1. The summed E-state index contributed by atoms with van der Waals surface area (Å²) in [6.07, 6.45) is 0.683. The first-order valence-corrected chi connectivity index (χ1v) is 7.13. The van der Waals surface area contributed by atoms with Gasteiger partial charge in [-0.1, -0.05) is 18.7 Å². The quantitative estimate of drug-likeness (QED) is 0.494. The van der Waals surface area contributed by atoms with Crippen LogP contribution in [0, 0.1) is 4.91 Å². The minimum atomic E-state index is -0.284. The van der Waals surface area contributed by atoms with Gasteiger partial charge >= 0.3 is 0 Å². The summed E-state index contributed by atoms with van der Waals surface area (Å²) >= 11 is 0. The number of hydrazine groups is 1. The molecule has 0 radical (unpaired) electrons. The van der Waals surface area contributed by atoms with Gasteiger partial charge < -0.3 is 14.6 Å². The second kappa shape index (κ2) is 7.19. The maximum atomic E-state index is 10.6. The Kier molecular flexibility index (Phi) is 5.30. The molecule has 1 saturated heterocycles. The van der Waals surface area contributed by atoms with E-state index >= 15 is 0 Å². The molecule has 2 N–H and O–H groups in total. The van der Waals surface area contributed by atoms with Crippen LogP contribution in [0.2, 0.25) is 0 Å². The number of morpholine rings is 1. The molecule has 1 atom stereocenters. The Morgan fingerprint density at radius 2 is 2.19 bits per heavy atom. The van der Waals surface area contributed by atoms with E-state index in [0.29, 0.717) is 26.2 Å². The van der Waals surface area contributed by atoms with E-state index in [0.717, 1.165) is 23.6 Å². The first kappa shape index (κ1) is 15.5. The SMILES string of the molecule is C=C1COCCN1c1ccc(N(N)CC(CC)N=O)cc1. The zero-order valence-electron chi connectivity index (χ0n) is 12.4. The van der Waals surface area contributed by atoms with Gasteiger partial charge in [-0.2, -0.15) is 4.91 Å². The number of anilines is 2. The molecule has 0 aromatic heterocycles. The van der Waals surface area contributed by atoms with Crippen molar-refractivity contribution in [3.05, 3.63) is 41.4 Å². The van der Waals surface area contributed by atoms with Crippen LogP contribution in [0.5, 0.6) is 0 Å². The second-order valence-electron chi connectivity index (χ2n) is 5.11. The molecule has 0 bridgehead atoms. The highest BCUT2D eigenvalue weighted by Crippen LogP contribution is 2.24. The summed E-state index contributed by atoms with van der Waals surface area (Å²) in [5.41, 5.74) is 2.88. The third kappa shape index (κ3) is 3.80. The van der Waals surface area contributed by atoms with Crippen molar-refractivity contribution in [3.8, 4) is 0 Å². The molecule has 0 spiro atoms. The van der Waals surface area contributed by atoms with Crippen LogP contribution in [-0.2, 0) is 4.74 Å². The Morgan fingerprint density at radius 1 is 1.48 bits per heavy atom. The minimum Gasteiger partial charge on any atom is -0.373 e. The van der Waals surface area contributed by atoms with Crippen LogP contribution >= 0.6 is 0 Å². The molecular weight excluding hydrogens is 268 g/mol. The predicted molar refractivity (Wildman–Crippen MR) is 85.2 cm³/mol. The van der Waals surface area contributed by atoms with E-state index in [-0.39, 0.29) is 6.04 Å². The number of ether oxygens (including phenoxy) is 1. The lowest BCUT2D eigenvalue weighted by molar-refractivity contribution is 0.143. The Bertz CT molecular complexity index is 489. The lowest BCUT2D eigenvalue weighted by Gasteiger charge is -2.31. The highest BCUT2D eigenvalue weighted by Gasteiger charge is 2.16. The van der Waals surface area contributed by atoms with Gasteiger partial charge in [-0.05, 0) is 30.7 Å². The maximum Gasteiger partial charge on any atom is 0.111 e. The van der Waals surface area contributed by atoms with Crippen molar-refractivity contribution in [1.82, 2.24) is 0 Å². The molecule has 1 fully saturated rings. The van der Waals surface area contributed by atoms with Gasteiger partial charge in [0, 0.05) is 17.9 Å². The number of rotatable bonds is 6. The lowest BCUT2D eigenvalue weighted by Crippen LogP contribution is -2.37. The van der Waals surface area contributed by atoms with Crippen molar-refractivity contribution in [1.29, 1.82) is 0 Å². The topological polar surface area (TPSA) is 71.2 Å². The van der Waals surface area contributed by atoms with E-state index < -0.39 is 0 Å². The molecule has 2 rings (SSSR count). The van der Waals surface area contributed by atoms with Gasteiger partial charge in [0.1, 0.15) is 6.04 Å². The summed E-state index contributed by atoms with van der Waals surface area (Å²) in [5.74, 6) is 5.99. The Hall–Kier alpha value is -1.92. The molecule has 1 aromatic carbocycles. The molecular formula is C15H22N4O2. The summed E-state index contributed by atoms with van der Waals surface area (Å²) in [6, 6.07) is 7.60. The third-order valence-electron chi connectivity index (χ3n) is 3.63. The van der Waals surface area contributed by atoms with E-state index in [1.807, 2.05) is 31.2 Å². The van der Waals surface area contributed by atoms with E-state index in [1.54, 1.807) is 5.01 Å². The molecule has 114 valence electrons. The molecule has 1 aliphatic heterocycles. The Morgan fingerprint density at radius 3 is 2.76 bits per heavy atom. The molecule has 6 nitrogen and oxygen atoms in total. The van der Waals surface area contributed by atoms with Gasteiger partial charge in [0.05, 0.1) is 25.4 Å². The van der Waals surface area contributed by atoms with Gasteiger partial charge in [0.25, 0.3) is 0 Å². The number of benzene rings is 1. The summed E-state index contributed by atoms with van der Waals surface area (Å²) in [7, 11) is 0. The first-order valence-electron chi connectivity index (χ1n) is 7.13. The summed E-state index contributed by atoms with van der Waals surface area (Å²) in [6.45, 7) is 8.42. The monoisotopic (exact) mass is 290 g/mol. The van der Waals surface area contributed by atoms with Crippen LogP contribution in [0.4, 0.5) is 11.4 Å². The summed E-state index contributed by atoms with van der Waals surface area (Å²) in [5, 5.41) is 4.63. The third-order valence-corrected chi connectivity index (χ3v) is 3.63. The normalized spacial score (nSPS) is 16.7. The Labute approximate surface area is 125 Å². The second-order valence-corrected chi connectivity index (χ2v) is 5.11. The highest BCUT2D eigenvalue weighted by molar-refractivity contribution is 5.58. The zero-order chi connectivity index (χ0) is 15.2. The molecule has 6 heteroatoms. The van der Waals surface area contributed by atoms with Crippen LogP contribution in [0.3, 0.4) is 0 Å². The van der Waals surface area contributed by atoms with Gasteiger partial charge in [-0.3, -0.25) is 0 Å². The fourth-order valence-corrected chi connectivity index (χ4v) is 2.29. The minimum absolute atomic E-state index is 0.284. The summed E-state index contributed by atoms with van der Waals surface area (Å²) in [4.78, 5) is 12.8. The van der Waals surface area contributed by atoms with Crippen molar-refractivity contribution >= 4 is 11.4 Å². The highest BCUT2D eigenvalue weighted by atomic mass is 16.5. The van der Waals surface area contributed by atoms with Crippen molar-refractivity contribution in [2.45, 2.75) is 19.4 Å². The molecule has 1 heterocycles. The number of hydrogen-bond acceptors (Lipinski definition) is 6. The first-order chi connectivity index (χ1) is 10.2. The average Bonchev–Trinajstić information content (AvgIpc) is 2.53. The van der Waals surface area contributed by atoms with Crippen molar-refractivity contribution in [2.24, 2.45) is 11.0 Å². The summed E-state index contributed by atoms with van der Waals surface area (Å²) < 4.78 is 5.35. The molecule has 1 aliphatic rings. The van der Waals surface area contributed by atoms with Crippen LogP contribution < -0.4 is 15.8 Å². The van der Waals surface area contributed by atoms with Crippen LogP contribution in [-0.4, -0.2) is 32.3 Å². The molecule has 1 aromatic rings. The van der Waals surface area contributed by atoms with Gasteiger partial charge in [0.15, 0.2) is 0 Å².